The summed E-state index contributed by atoms with van der Waals surface area (Å²) in [7, 11) is 3.91. The maximum atomic E-state index is 12.2. The highest BCUT2D eigenvalue weighted by atomic mass is 79.9. The quantitative estimate of drug-likeness (QED) is 0.804. The number of aromatic nitrogens is 2. The van der Waals surface area contributed by atoms with E-state index in [9.17, 15) is 4.79 Å². The fraction of sp³-hybridized carbons (Fsp3) is 0.286. The van der Waals surface area contributed by atoms with Crippen molar-refractivity contribution < 1.29 is 0 Å². The summed E-state index contributed by atoms with van der Waals surface area (Å²) < 4.78 is 1.91. The van der Waals surface area contributed by atoms with Crippen LogP contribution in [0.4, 0.5) is 17.1 Å². The molecule has 0 aliphatic rings. The summed E-state index contributed by atoms with van der Waals surface area (Å²) in [4.78, 5) is 14.2. The average molecular weight is 352 g/mol. The molecule has 0 atom stereocenters. The Kier molecular flexibility index (Phi) is 4.98. The van der Waals surface area contributed by atoms with Gasteiger partial charge in [-0.25, -0.2) is 4.68 Å². The number of rotatable bonds is 5. The number of hydrogen-bond acceptors (Lipinski definition) is 5. The van der Waals surface area contributed by atoms with Crippen molar-refractivity contribution in [3.63, 3.8) is 0 Å². The number of benzene rings is 1. The molecule has 0 aliphatic carbocycles. The molecule has 2 rings (SSSR count). The van der Waals surface area contributed by atoms with Crippen LogP contribution < -0.4 is 16.6 Å². The Bertz CT molecular complexity index is 666. The Morgan fingerprint density at radius 3 is 2.62 bits per heavy atom. The summed E-state index contributed by atoms with van der Waals surface area (Å²) in [6.07, 6.45) is 1.64. The fourth-order valence-electron chi connectivity index (χ4n) is 1.73. The Balaban J connectivity index is 2.20. The number of anilines is 3. The van der Waals surface area contributed by atoms with Crippen LogP contribution in [0.1, 0.15) is 0 Å². The minimum Gasteiger partial charge on any atom is -0.399 e. The number of halogens is 1. The molecule has 0 aliphatic heterocycles. The monoisotopic (exact) mass is 351 g/mol. The van der Waals surface area contributed by atoms with Crippen molar-refractivity contribution in [3.05, 3.63) is 45.3 Å². The van der Waals surface area contributed by atoms with Crippen LogP contribution in [0.2, 0.25) is 0 Å². The zero-order valence-corrected chi connectivity index (χ0v) is 13.6. The summed E-state index contributed by atoms with van der Waals surface area (Å²) in [5.41, 5.74) is 7.66. The van der Waals surface area contributed by atoms with Crippen molar-refractivity contribution in [1.82, 2.24) is 14.7 Å². The molecule has 0 bridgehead atoms. The van der Waals surface area contributed by atoms with Gasteiger partial charge in [-0.3, -0.25) is 4.79 Å². The maximum absolute atomic E-state index is 12.2. The molecule has 0 fully saturated rings. The van der Waals surface area contributed by atoms with Crippen LogP contribution in [0.5, 0.6) is 0 Å². The van der Waals surface area contributed by atoms with Crippen LogP contribution in [0.25, 0.3) is 0 Å². The second kappa shape index (κ2) is 6.73. The minimum absolute atomic E-state index is 0.155. The standard InChI is InChI=1S/C14H18BrN5O/c1-19(2)7-8-20-14(21)13(15)12(9-17-20)18-11-5-3-10(16)4-6-11/h3-6,9,18H,7-8,16H2,1-2H3. The molecule has 7 heteroatoms. The van der Waals surface area contributed by atoms with Gasteiger partial charge in [-0.1, -0.05) is 0 Å². The molecule has 6 nitrogen and oxygen atoms in total. The second-order valence-electron chi connectivity index (χ2n) is 4.95. The Morgan fingerprint density at radius 1 is 1.33 bits per heavy atom. The van der Waals surface area contributed by atoms with Gasteiger partial charge in [0.25, 0.3) is 5.56 Å². The highest BCUT2D eigenvalue weighted by Crippen LogP contribution is 2.22. The van der Waals surface area contributed by atoms with E-state index < -0.39 is 0 Å². The lowest BCUT2D eigenvalue weighted by Gasteiger charge is -2.13. The summed E-state index contributed by atoms with van der Waals surface area (Å²) in [6.45, 7) is 1.30. The van der Waals surface area contributed by atoms with E-state index in [1.165, 1.54) is 4.68 Å². The minimum atomic E-state index is -0.155. The first-order chi connectivity index (χ1) is 9.97. The zero-order valence-electron chi connectivity index (χ0n) is 12.0. The lowest BCUT2D eigenvalue weighted by Crippen LogP contribution is -2.29. The molecule has 0 saturated carbocycles. The third-order valence-corrected chi connectivity index (χ3v) is 3.70. The van der Waals surface area contributed by atoms with Gasteiger partial charge < -0.3 is 16.0 Å². The number of likely N-dealkylation sites (N-methyl/N-ethyl adjacent to an activating group) is 1. The molecule has 0 radical (unpaired) electrons. The van der Waals surface area contributed by atoms with E-state index in [1.54, 1.807) is 18.3 Å². The normalized spacial score (nSPS) is 10.9. The van der Waals surface area contributed by atoms with Crippen LogP contribution in [0.15, 0.2) is 39.7 Å². The first-order valence-electron chi connectivity index (χ1n) is 6.50. The van der Waals surface area contributed by atoms with E-state index in [0.717, 1.165) is 12.2 Å². The van der Waals surface area contributed by atoms with Crippen LogP contribution in [-0.4, -0.2) is 35.3 Å². The Hall–Kier alpha value is -1.86. The van der Waals surface area contributed by atoms with Crippen LogP contribution in [0, 0.1) is 0 Å². The van der Waals surface area contributed by atoms with Crippen LogP contribution >= 0.6 is 15.9 Å². The number of nitrogens with two attached hydrogens (primary N) is 1. The Labute approximate surface area is 131 Å². The summed E-state index contributed by atoms with van der Waals surface area (Å²) in [5, 5.41) is 7.33. The largest absolute Gasteiger partial charge is 0.399 e. The van der Waals surface area contributed by atoms with Crippen molar-refractivity contribution in [2.75, 3.05) is 31.7 Å². The molecule has 0 spiro atoms. The van der Waals surface area contributed by atoms with Gasteiger partial charge in [0.05, 0.1) is 18.4 Å². The molecule has 3 N–H and O–H groups in total. The van der Waals surface area contributed by atoms with Gasteiger partial charge in [-0.2, -0.15) is 5.10 Å². The third-order valence-electron chi connectivity index (χ3n) is 2.93. The molecular formula is C14H18BrN5O. The molecule has 112 valence electrons. The number of nitrogens with zero attached hydrogens (tertiary/aromatic N) is 3. The van der Waals surface area contributed by atoms with E-state index in [-0.39, 0.29) is 5.56 Å². The Morgan fingerprint density at radius 2 is 2.00 bits per heavy atom. The highest BCUT2D eigenvalue weighted by molar-refractivity contribution is 9.10. The molecule has 0 saturated heterocycles. The smallest absolute Gasteiger partial charge is 0.283 e. The van der Waals surface area contributed by atoms with Gasteiger partial charge in [0.2, 0.25) is 0 Å². The molecule has 21 heavy (non-hydrogen) atoms. The fourth-order valence-corrected chi connectivity index (χ4v) is 2.13. The van der Waals surface area contributed by atoms with Crippen molar-refractivity contribution in [1.29, 1.82) is 0 Å². The summed E-state index contributed by atoms with van der Waals surface area (Å²) in [5.74, 6) is 0. The topological polar surface area (TPSA) is 76.2 Å². The van der Waals surface area contributed by atoms with Crippen LogP contribution in [0.3, 0.4) is 0 Å². The predicted octanol–water partition coefficient (Wildman–Crippen LogP) is 1.89. The van der Waals surface area contributed by atoms with Crippen molar-refractivity contribution >= 4 is 33.0 Å². The summed E-state index contributed by atoms with van der Waals surface area (Å²) in [6, 6.07) is 7.28. The third kappa shape index (κ3) is 4.05. The molecule has 2 aromatic rings. The molecular weight excluding hydrogens is 334 g/mol. The lowest BCUT2D eigenvalue weighted by molar-refractivity contribution is 0.367. The first-order valence-corrected chi connectivity index (χ1v) is 7.29. The van der Waals surface area contributed by atoms with Gasteiger partial charge >= 0.3 is 0 Å². The van der Waals surface area contributed by atoms with E-state index in [2.05, 4.69) is 26.3 Å². The van der Waals surface area contributed by atoms with E-state index in [0.29, 0.717) is 22.4 Å². The van der Waals surface area contributed by atoms with Gasteiger partial charge in [0.15, 0.2) is 0 Å². The number of hydrogen-bond donors (Lipinski definition) is 2. The lowest BCUT2D eigenvalue weighted by atomic mass is 10.3. The van der Waals surface area contributed by atoms with Gasteiger partial charge in [-0.05, 0) is 54.3 Å². The molecule has 1 heterocycles. The molecule has 0 amide bonds. The molecule has 1 aromatic carbocycles. The zero-order chi connectivity index (χ0) is 15.4. The van der Waals surface area contributed by atoms with Gasteiger partial charge in [0, 0.05) is 17.9 Å². The van der Waals surface area contributed by atoms with Crippen molar-refractivity contribution in [3.8, 4) is 0 Å². The molecule has 1 aromatic heterocycles. The van der Waals surface area contributed by atoms with E-state index in [1.807, 2.05) is 31.1 Å². The van der Waals surface area contributed by atoms with E-state index >= 15 is 0 Å². The van der Waals surface area contributed by atoms with Crippen molar-refractivity contribution in [2.45, 2.75) is 6.54 Å². The van der Waals surface area contributed by atoms with Gasteiger partial charge in [0.1, 0.15) is 4.47 Å². The van der Waals surface area contributed by atoms with Gasteiger partial charge in [-0.15, -0.1) is 0 Å². The van der Waals surface area contributed by atoms with E-state index in [4.69, 9.17) is 5.73 Å². The number of nitrogen functional groups attached to an aromatic ring is 1. The predicted molar refractivity (Wildman–Crippen MR) is 88.9 cm³/mol. The average Bonchev–Trinajstić information content (AvgIpc) is 2.45. The van der Waals surface area contributed by atoms with Crippen LogP contribution in [-0.2, 0) is 6.54 Å². The number of nitrogens with one attached hydrogen (secondary N) is 1. The maximum Gasteiger partial charge on any atom is 0.283 e. The summed E-state index contributed by atoms with van der Waals surface area (Å²) >= 11 is 3.34. The molecule has 0 unspecified atom stereocenters. The van der Waals surface area contributed by atoms with Crippen molar-refractivity contribution in [2.24, 2.45) is 0 Å². The highest BCUT2D eigenvalue weighted by Gasteiger charge is 2.09. The second-order valence-corrected chi connectivity index (χ2v) is 5.74. The SMILES string of the molecule is CN(C)CCn1ncc(Nc2ccc(N)cc2)c(Br)c1=O. The first kappa shape index (κ1) is 15.5.